The van der Waals surface area contributed by atoms with Gasteiger partial charge >= 0.3 is 0 Å². The molecule has 0 radical (unpaired) electrons. The van der Waals surface area contributed by atoms with E-state index >= 15 is 0 Å². The highest BCUT2D eigenvalue weighted by atomic mass is 32.2. The highest BCUT2D eigenvalue weighted by Crippen LogP contribution is 2.29. The van der Waals surface area contributed by atoms with Crippen LogP contribution in [-0.2, 0) is 27.8 Å². The first-order chi connectivity index (χ1) is 13.5. The third-order valence-electron chi connectivity index (χ3n) is 5.53. The van der Waals surface area contributed by atoms with Crippen molar-refractivity contribution in [2.24, 2.45) is 0 Å². The van der Waals surface area contributed by atoms with E-state index in [0.717, 1.165) is 24.9 Å². The second-order valence-corrected chi connectivity index (χ2v) is 10.5. The molecule has 4 rings (SSSR count). The van der Waals surface area contributed by atoms with Gasteiger partial charge in [0, 0.05) is 32.4 Å². The largest absolute Gasteiger partial charge is 0.374 e. The van der Waals surface area contributed by atoms with Crippen LogP contribution in [0.2, 0.25) is 0 Å². The number of nitrogens with one attached hydrogen (secondary N) is 1. The normalized spacial score (nSPS) is 20.2. The Morgan fingerprint density at radius 2 is 2.11 bits per heavy atom. The maximum Gasteiger partial charge on any atom is 0.253 e. The molecule has 6 nitrogen and oxygen atoms in total. The molecule has 1 saturated heterocycles. The molecule has 150 valence electrons. The van der Waals surface area contributed by atoms with E-state index in [4.69, 9.17) is 0 Å². The molecule has 1 fully saturated rings. The number of aryl methyl sites for hydroxylation is 1. The highest BCUT2D eigenvalue weighted by molar-refractivity contribution is 7.91. The standard InChI is InChI=1S/C20H25N3O3S2/c1-22-10-2-5-16-13-15(8-9-17(16)22)14-21-20(24)18-6-3-11-23(18)28(25,26)19-7-4-12-27-19/h4,7-9,12-13,18H,2-3,5-6,10-11,14H2,1H3,(H,21,24). The number of carbonyl (C=O) groups is 1. The van der Waals surface area contributed by atoms with Gasteiger partial charge in [0.2, 0.25) is 5.91 Å². The molecule has 0 saturated carbocycles. The molecule has 1 aromatic carbocycles. The van der Waals surface area contributed by atoms with Gasteiger partial charge in [-0.25, -0.2) is 8.42 Å². The maximum absolute atomic E-state index is 12.8. The summed E-state index contributed by atoms with van der Waals surface area (Å²) < 4.78 is 27.3. The van der Waals surface area contributed by atoms with Crippen molar-refractivity contribution in [3.63, 3.8) is 0 Å². The third-order valence-corrected chi connectivity index (χ3v) is 8.81. The van der Waals surface area contributed by atoms with Crippen molar-refractivity contribution in [3.05, 3.63) is 46.8 Å². The van der Waals surface area contributed by atoms with Crippen LogP contribution in [0.25, 0.3) is 0 Å². The van der Waals surface area contributed by atoms with Crippen LogP contribution in [0, 0.1) is 0 Å². The molecule has 1 atom stereocenters. The smallest absolute Gasteiger partial charge is 0.253 e. The van der Waals surface area contributed by atoms with E-state index in [2.05, 4.69) is 29.4 Å². The molecular formula is C20H25N3O3S2. The fraction of sp³-hybridized carbons (Fsp3) is 0.450. The van der Waals surface area contributed by atoms with Gasteiger partial charge in [-0.05, 0) is 54.3 Å². The third kappa shape index (κ3) is 3.68. The second kappa shape index (κ2) is 7.85. The zero-order valence-corrected chi connectivity index (χ0v) is 17.6. The van der Waals surface area contributed by atoms with Gasteiger partial charge in [-0.3, -0.25) is 4.79 Å². The lowest BCUT2D eigenvalue weighted by Crippen LogP contribution is -2.45. The summed E-state index contributed by atoms with van der Waals surface area (Å²) in [6.45, 7) is 1.88. The van der Waals surface area contributed by atoms with Crippen LogP contribution >= 0.6 is 11.3 Å². The molecule has 28 heavy (non-hydrogen) atoms. The van der Waals surface area contributed by atoms with Gasteiger partial charge in [0.25, 0.3) is 10.0 Å². The lowest BCUT2D eigenvalue weighted by molar-refractivity contribution is -0.124. The van der Waals surface area contributed by atoms with Crippen molar-refractivity contribution < 1.29 is 13.2 Å². The second-order valence-electron chi connectivity index (χ2n) is 7.41. The summed E-state index contributed by atoms with van der Waals surface area (Å²) in [7, 11) is -1.51. The lowest BCUT2D eigenvalue weighted by atomic mass is 9.99. The Labute approximate surface area is 170 Å². The molecular weight excluding hydrogens is 394 g/mol. The Morgan fingerprint density at radius 1 is 1.25 bits per heavy atom. The van der Waals surface area contributed by atoms with Crippen LogP contribution in [0.4, 0.5) is 5.69 Å². The van der Waals surface area contributed by atoms with Crippen molar-refractivity contribution in [1.29, 1.82) is 0 Å². The van der Waals surface area contributed by atoms with Gasteiger partial charge < -0.3 is 10.2 Å². The average Bonchev–Trinajstić information content (AvgIpc) is 3.38. The van der Waals surface area contributed by atoms with Crippen molar-refractivity contribution in [2.45, 2.75) is 42.5 Å². The molecule has 0 spiro atoms. The summed E-state index contributed by atoms with van der Waals surface area (Å²) >= 11 is 1.19. The van der Waals surface area contributed by atoms with Crippen LogP contribution in [-0.4, -0.2) is 44.8 Å². The quantitative estimate of drug-likeness (QED) is 0.809. The van der Waals surface area contributed by atoms with Crippen LogP contribution < -0.4 is 10.2 Å². The Balaban J connectivity index is 1.44. The molecule has 2 aliphatic heterocycles. The number of hydrogen-bond donors (Lipinski definition) is 1. The van der Waals surface area contributed by atoms with Crippen molar-refractivity contribution >= 4 is 33.0 Å². The molecule has 8 heteroatoms. The van der Waals surface area contributed by atoms with Gasteiger partial charge in [-0.2, -0.15) is 4.31 Å². The number of anilines is 1. The van der Waals surface area contributed by atoms with Crippen LogP contribution in [0.15, 0.2) is 39.9 Å². The predicted molar refractivity (Wildman–Crippen MR) is 111 cm³/mol. The van der Waals surface area contributed by atoms with Crippen molar-refractivity contribution in [2.75, 3.05) is 25.0 Å². The minimum absolute atomic E-state index is 0.215. The summed E-state index contributed by atoms with van der Waals surface area (Å²) in [5.74, 6) is -0.215. The number of benzene rings is 1. The number of amides is 1. The molecule has 0 aliphatic carbocycles. The van der Waals surface area contributed by atoms with Gasteiger partial charge in [-0.15, -0.1) is 11.3 Å². The van der Waals surface area contributed by atoms with Crippen LogP contribution in [0.1, 0.15) is 30.4 Å². The molecule has 1 amide bonds. The zero-order valence-electron chi connectivity index (χ0n) is 15.9. The first-order valence-electron chi connectivity index (χ1n) is 9.63. The van der Waals surface area contributed by atoms with Gasteiger partial charge in [0.1, 0.15) is 10.3 Å². The summed E-state index contributed by atoms with van der Waals surface area (Å²) in [6, 6.07) is 8.98. The molecule has 2 aliphatic rings. The summed E-state index contributed by atoms with van der Waals surface area (Å²) in [6.07, 6.45) is 3.45. The Bertz CT molecular complexity index is 957. The van der Waals surface area contributed by atoms with E-state index in [1.165, 1.54) is 26.9 Å². The fourth-order valence-corrected chi connectivity index (χ4v) is 6.85. The number of carbonyl (C=O) groups excluding carboxylic acids is 1. The summed E-state index contributed by atoms with van der Waals surface area (Å²) in [5, 5.41) is 4.69. The fourth-order valence-electron chi connectivity index (χ4n) is 4.07. The van der Waals surface area contributed by atoms with E-state index in [1.807, 2.05) is 6.07 Å². The van der Waals surface area contributed by atoms with Crippen molar-refractivity contribution in [3.8, 4) is 0 Å². The van der Waals surface area contributed by atoms with Gasteiger partial charge in [0.05, 0.1) is 0 Å². The first kappa shape index (κ1) is 19.4. The topological polar surface area (TPSA) is 69.7 Å². The van der Waals surface area contributed by atoms with Gasteiger partial charge in [-0.1, -0.05) is 18.2 Å². The van der Waals surface area contributed by atoms with E-state index in [0.29, 0.717) is 30.1 Å². The van der Waals surface area contributed by atoms with E-state index in [9.17, 15) is 13.2 Å². The number of rotatable bonds is 5. The van der Waals surface area contributed by atoms with E-state index < -0.39 is 16.1 Å². The Kier molecular flexibility index (Phi) is 5.44. The number of sulfonamides is 1. The van der Waals surface area contributed by atoms with Crippen LogP contribution in [0.3, 0.4) is 0 Å². The maximum atomic E-state index is 12.8. The summed E-state index contributed by atoms with van der Waals surface area (Å²) in [5.41, 5.74) is 3.61. The van der Waals surface area contributed by atoms with E-state index in [-0.39, 0.29) is 5.91 Å². The molecule has 1 N–H and O–H groups in total. The number of hydrogen-bond acceptors (Lipinski definition) is 5. The van der Waals surface area contributed by atoms with E-state index in [1.54, 1.807) is 17.5 Å². The molecule has 0 bridgehead atoms. The highest BCUT2D eigenvalue weighted by Gasteiger charge is 2.39. The summed E-state index contributed by atoms with van der Waals surface area (Å²) in [4.78, 5) is 15.0. The minimum atomic E-state index is -3.61. The predicted octanol–water partition coefficient (Wildman–Crippen LogP) is 2.60. The molecule has 2 aromatic rings. The minimum Gasteiger partial charge on any atom is -0.374 e. The first-order valence-corrected chi connectivity index (χ1v) is 11.9. The number of nitrogens with zero attached hydrogens (tertiary/aromatic N) is 2. The monoisotopic (exact) mass is 419 g/mol. The molecule has 1 unspecified atom stereocenters. The number of fused-ring (bicyclic) bond motifs is 1. The molecule has 3 heterocycles. The van der Waals surface area contributed by atoms with Crippen LogP contribution in [0.5, 0.6) is 0 Å². The SMILES string of the molecule is CN1CCCc2cc(CNC(=O)C3CCCN3S(=O)(=O)c3cccs3)ccc21. The Morgan fingerprint density at radius 3 is 2.89 bits per heavy atom. The lowest BCUT2D eigenvalue weighted by Gasteiger charge is -2.28. The number of thiophene rings is 1. The van der Waals surface area contributed by atoms with Gasteiger partial charge in [0.15, 0.2) is 0 Å². The Hall–Kier alpha value is -1.90. The molecule has 1 aromatic heterocycles. The van der Waals surface area contributed by atoms with Crippen molar-refractivity contribution in [1.82, 2.24) is 9.62 Å². The average molecular weight is 420 g/mol. The zero-order chi connectivity index (χ0) is 19.7.